The second-order valence-corrected chi connectivity index (χ2v) is 12.4. The van der Waals surface area contributed by atoms with E-state index in [-0.39, 0.29) is 0 Å². The molecule has 8 aromatic carbocycles. The molecule has 0 radical (unpaired) electrons. The molecule has 0 bridgehead atoms. The van der Waals surface area contributed by atoms with Crippen LogP contribution in [0, 0.1) is 0 Å². The van der Waals surface area contributed by atoms with Gasteiger partial charge in [0.2, 0.25) is 0 Å². The fourth-order valence-electron chi connectivity index (χ4n) is 6.82. The molecule has 0 spiro atoms. The van der Waals surface area contributed by atoms with Crippen LogP contribution >= 0.6 is 11.3 Å². The Hall–Kier alpha value is -5.44. The van der Waals surface area contributed by atoms with E-state index < -0.39 is 0 Å². The minimum Gasteiger partial charge on any atom is -0.310 e. The molecule has 1 heterocycles. The summed E-state index contributed by atoms with van der Waals surface area (Å²) in [6.07, 6.45) is 0. The fraction of sp³-hybridized carbons (Fsp3) is 0. The zero-order valence-corrected chi connectivity index (χ0v) is 24.8. The molecule has 0 amide bonds. The number of benzene rings is 8. The topological polar surface area (TPSA) is 3.24 Å². The number of hydrogen-bond donors (Lipinski definition) is 0. The predicted octanol–water partition coefficient (Wildman–Crippen LogP) is 12.7. The van der Waals surface area contributed by atoms with Crippen LogP contribution in [-0.4, -0.2) is 0 Å². The molecule has 2 heteroatoms. The number of anilines is 3. The first-order chi connectivity index (χ1) is 21.8. The third-order valence-electron chi connectivity index (χ3n) is 8.81. The maximum Gasteiger partial charge on any atom is 0.0547 e. The molecule has 0 aliphatic heterocycles. The molecule has 1 nitrogen and oxygen atoms in total. The molecular weight excluding hydrogens is 551 g/mol. The zero-order chi connectivity index (χ0) is 29.0. The molecule has 44 heavy (non-hydrogen) atoms. The van der Waals surface area contributed by atoms with Crippen LogP contribution in [0.15, 0.2) is 164 Å². The van der Waals surface area contributed by atoms with E-state index in [9.17, 15) is 0 Å². The lowest BCUT2D eigenvalue weighted by atomic mass is 9.94. The second-order valence-electron chi connectivity index (χ2n) is 11.3. The van der Waals surface area contributed by atoms with Crippen LogP contribution in [0.5, 0.6) is 0 Å². The van der Waals surface area contributed by atoms with Crippen LogP contribution in [0.2, 0.25) is 0 Å². The van der Waals surface area contributed by atoms with E-state index in [1.165, 1.54) is 69.3 Å². The van der Waals surface area contributed by atoms with Crippen LogP contribution < -0.4 is 4.90 Å². The van der Waals surface area contributed by atoms with Gasteiger partial charge in [-0.15, -0.1) is 11.3 Å². The Bertz CT molecular complexity index is 2500. The monoisotopic (exact) mass is 577 g/mol. The molecule has 0 aliphatic carbocycles. The highest BCUT2D eigenvalue weighted by molar-refractivity contribution is 7.26. The van der Waals surface area contributed by atoms with Crippen molar-refractivity contribution in [1.82, 2.24) is 0 Å². The highest BCUT2D eigenvalue weighted by atomic mass is 32.1. The molecule has 9 rings (SSSR count). The van der Waals surface area contributed by atoms with Crippen molar-refractivity contribution in [3.8, 4) is 11.1 Å². The van der Waals surface area contributed by atoms with Crippen molar-refractivity contribution in [3.05, 3.63) is 164 Å². The number of para-hydroxylation sites is 1. The maximum absolute atomic E-state index is 2.44. The third-order valence-corrected chi connectivity index (χ3v) is 10.0. The lowest BCUT2D eigenvalue weighted by molar-refractivity contribution is 1.31. The molecule has 0 saturated heterocycles. The molecule has 0 atom stereocenters. The lowest BCUT2D eigenvalue weighted by Crippen LogP contribution is -2.10. The normalized spacial score (nSPS) is 11.6. The van der Waals surface area contributed by atoms with Gasteiger partial charge < -0.3 is 4.90 Å². The van der Waals surface area contributed by atoms with Crippen LogP contribution in [-0.2, 0) is 0 Å². The Morgan fingerprint density at radius 3 is 1.91 bits per heavy atom. The predicted molar refractivity (Wildman–Crippen MR) is 192 cm³/mol. The van der Waals surface area contributed by atoms with Crippen LogP contribution in [0.3, 0.4) is 0 Å². The number of fused-ring (bicyclic) bond motifs is 7. The summed E-state index contributed by atoms with van der Waals surface area (Å²) in [7, 11) is 0. The van der Waals surface area contributed by atoms with Crippen LogP contribution in [0.1, 0.15) is 0 Å². The first kappa shape index (κ1) is 25.1. The largest absolute Gasteiger partial charge is 0.310 e. The van der Waals surface area contributed by atoms with Crippen molar-refractivity contribution in [1.29, 1.82) is 0 Å². The average molecular weight is 578 g/mol. The highest BCUT2D eigenvalue weighted by Crippen LogP contribution is 2.49. The van der Waals surface area contributed by atoms with Gasteiger partial charge in [-0.1, -0.05) is 127 Å². The molecule has 9 aromatic rings. The number of hydrogen-bond acceptors (Lipinski definition) is 2. The van der Waals surface area contributed by atoms with Gasteiger partial charge in [-0.2, -0.15) is 0 Å². The highest BCUT2D eigenvalue weighted by Gasteiger charge is 2.21. The van der Waals surface area contributed by atoms with Gasteiger partial charge in [0.1, 0.15) is 0 Å². The first-order valence-electron chi connectivity index (χ1n) is 15.0. The summed E-state index contributed by atoms with van der Waals surface area (Å²) in [5.74, 6) is 0. The quantitative estimate of drug-likeness (QED) is 0.201. The smallest absolute Gasteiger partial charge is 0.0547 e. The number of thiophene rings is 1. The van der Waals surface area contributed by atoms with Crippen molar-refractivity contribution in [2.75, 3.05) is 4.90 Å². The second kappa shape index (κ2) is 10.1. The average Bonchev–Trinajstić information content (AvgIpc) is 3.48. The summed E-state index contributed by atoms with van der Waals surface area (Å²) < 4.78 is 2.64. The molecule has 1 aromatic heterocycles. The van der Waals surface area contributed by atoms with Gasteiger partial charge in [0.25, 0.3) is 0 Å². The summed E-state index contributed by atoms with van der Waals surface area (Å²) >= 11 is 1.90. The van der Waals surface area contributed by atoms with E-state index in [0.717, 1.165) is 11.4 Å². The van der Waals surface area contributed by atoms with E-state index in [1.54, 1.807) is 0 Å². The first-order valence-corrected chi connectivity index (χ1v) is 15.8. The molecule has 0 fully saturated rings. The molecule has 0 unspecified atom stereocenters. The van der Waals surface area contributed by atoms with E-state index in [2.05, 4.69) is 169 Å². The molecule has 0 N–H and O–H groups in total. The third kappa shape index (κ3) is 3.92. The number of nitrogens with zero attached hydrogens (tertiary/aromatic N) is 1. The molecule has 0 saturated carbocycles. The van der Waals surface area contributed by atoms with E-state index >= 15 is 0 Å². The summed E-state index contributed by atoms with van der Waals surface area (Å²) in [4.78, 5) is 2.43. The Balaban J connectivity index is 1.39. The van der Waals surface area contributed by atoms with Crippen molar-refractivity contribution in [3.63, 3.8) is 0 Å². The van der Waals surface area contributed by atoms with Gasteiger partial charge in [0.15, 0.2) is 0 Å². The molecule has 206 valence electrons. The van der Waals surface area contributed by atoms with Gasteiger partial charge in [-0.3, -0.25) is 0 Å². The molecule has 0 aliphatic rings. The van der Waals surface area contributed by atoms with Gasteiger partial charge in [-0.05, 0) is 69.1 Å². The summed E-state index contributed by atoms with van der Waals surface area (Å²) in [5, 5.41) is 10.2. The Labute approximate surface area is 259 Å². The SMILES string of the molecule is c1ccc(N(c2ccc3ccccc3c2)c2cc3c(sc4cccc(-c5cccc6ccccc56)c43)c3ccccc23)cc1. The van der Waals surface area contributed by atoms with Gasteiger partial charge in [-0.25, -0.2) is 0 Å². The number of rotatable bonds is 4. The fourth-order valence-corrected chi connectivity index (χ4v) is 8.07. The van der Waals surface area contributed by atoms with Crippen LogP contribution in [0.25, 0.3) is 63.6 Å². The maximum atomic E-state index is 2.44. The summed E-state index contributed by atoms with van der Waals surface area (Å²) in [6.45, 7) is 0. The van der Waals surface area contributed by atoms with Crippen molar-refractivity contribution in [2.45, 2.75) is 0 Å². The minimum atomic E-state index is 1.14. The minimum absolute atomic E-state index is 1.14. The Kier molecular flexibility index (Phi) is 5.75. The zero-order valence-electron chi connectivity index (χ0n) is 23.9. The van der Waals surface area contributed by atoms with E-state index in [0.29, 0.717) is 0 Å². The summed E-state index contributed by atoms with van der Waals surface area (Å²) in [5.41, 5.74) is 6.03. The van der Waals surface area contributed by atoms with Gasteiger partial charge in [0.05, 0.1) is 5.69 Å². The van der Waals surface area contributed by atoms with Gasteiger partial charge in [0, 0.05) is 42.3 Å². The van der Waals surface area contributed by atoms with E-state index in [4.69, 9.17) is 0 Å². The van der Waals surface area contributed by atoms with Crippen molar-refractivity contribution >= 4 is 80.9 Å². The van der Waals surface area contributed by atoms with Crippen molar-refractivity contribution < 1.29 is 0 Å². The Morgan fingerprint density at radius 2 is 1.05 bits per heavy atom. The lowest BCUT2D eigenvalue weighted by Gasteiger charge is -2.27. The molecular formula is C42H27NS. The van der Waals surface area contributed by atoms with Crippen molar-refractivity contribution in [2.24, 2.45) is 0 Å². The van der Waals surface area contributed by atoms with Crippen LogP contribution in [0.4, 0.5) is 17.1 Å². The standard InChI is InChI=1S/C42H27NS/c1-2-16-31(17-3-1)43(32-25-24-28-12-4-5-14-30(28)26-32)39-27-38-41-36(34-21-10-15-29-13-6-7-18-33(29)34)22-11-23-40(41)44-42(38)37-20-9-8-19-35(37)39/h1-27H. The van der Waals surface area contributed by atoms with E-state index in [1.807, 2.05) is 11.3 Å². The van der Waals surface area contributed by atoms with Gasteiger partial charge >= 0.3 is 0 Å². The Morgan fingerprint density at radius 1 is 0.386 bits per heavy atom. The summed E-state index contributed by atoms with van der Waals surface area (Å²) in [6, 6.07) is 59.7.